The number of hydrogen-bond donors (Lipinski definition) is 1. The first kappa shape index (κ1) is 13.5. The van der Waals surface area contributed by atoms with Gasteiger partial charge in [-0.05, 0) is 31.2 Å². The van der Waals surface area contributed by atoms with Gasteiger partial charge in [-0.2, -0.15) is 0 Å². The summed E-state index contributed by atoms with van der Waals surface area (Å²) in [6.45, 7) is 2.40. The lowest BCUT2D eigenvalue weighted by Gasteiger charge is -2.05. The van der Waals surface area contributed by atoms with E-state index in [1.54, 1.807) is 12.1 Å². The Morgan fingerprint density at radius 3 is 2.79 bits per heavy atom. The molecule has 1 N–H and O–H groups in total. The van der Waals surface area contributed by atoms with E-state index in [0.29, 0.717) is 18.2 Å². The van der Waals surface area contributed by atoms with E-state index in [1.165, 1.54) is 0 Å². The third kappa shape index (κ3) is 3.75. The Balaban J connectivity index is 2.08. The van der Waals surface area contributed by atoms with Crippen LogP contribution in [-0.4, -0.2) is 22.6 Å². The summed E-state index contributed by atoms with van der Waals surface area (Å²) in [5.41, 5.74) is 0.267. The number of aromatic nitrogens is 2. The van der Waals surface area contributed by atoms with Crippen molar-refractivity contribution in [3.8, 4) is 11.6 Å². The van der Waals surface area contributed by atoms with Crippen molar-refractivity contribution in [2.24, 2.45) is 0 Å². The molecule has 6 heteroatoms. The van der Waals surface area contributed by atoms with Crippen molar-refractivity contribution in [1.29, 1.82) is 0 Å². The first-order chi connectivity index (χ1) is 9.19. The van der Waals surface area contributed by atoms with Crippen LogP contribution in [0, 0.1) is 0 Å². The first-order valence-corrected chi connectivity index (χ1v) is 6.53. The molecule has 1 amide bonds. The molecule has 0 fully saturated rings. The van der Waals surface area contributed by atoms with Gasteiger partial charge in [0, 0.05) is 17.1 Å². The van der Waals surface area contributed by atoms with Crippen LogP contribution in [0.2, 0.25) is 0 Å². The van der Waals surface area contributed by atoms with Crippen molar-refractivity contribution in [3.63, 3.8) is 0 Å². The second kappa shape index (κ2) is 6.29. The fraction of sp³-hybridized carbons (Fsp3) is 0.154. The highest BCUT2D eigenvalue weighted by Gasteiger charge is 2.07. The van der Waals surface area contributed by atoms with E-state index in [1.807, 2.05) is 31.2 Å². The number of halogens is 1. The fourth-order valence-electron chi connectivity index (χ4n) is 1.40. The van der Waals surface area contributed by atoms with Crippen LogP contribution in [-0.2, 0) is 0 Å². The second-order valence-electron chi connectivity index (χ2n) is 3.68. The number of carbonyl (C=O) groups is 1. The van der Waals surface area contributed by atoms with Crippen LogP contribution in [0.25, 0.3) is 0 Å². The van der Waals surface area contributed by atoms with Crippen LogP contribution >= 0.6 is 15.9 Å². The first-order valence-electron chi connectivity index (χ1n) is 5.74. The van der Waals surface area contributed by atoms with Crippen molar-refractivity contribution >= 4 is 21.8 Å². The zero-order valence-corrected chi connectivity index (χ0v) is 11.8. The van der Waals surface area contributed by atoms with Gasteiger partial charge >= 0.3 is 0 Å². The molecule has 0 aliphatic carbocycles. The Hall–Kier alpha value is -1.95. The van der Waals surface area contributed by atoms with Gasteiger partial charge in [-0.25, -0.2) is 0 Å². The van der Waals surface area contributed by atoms with Crippen LogP contribution in [0.1, 0.15) is 17.4 Å². The average molecular weight is 322 g/mol. The van der Waals surface area contributed by atoms with Gasteiger partial charge in [0.2, 0.25) is 5.88 Å². The van der Waals surface area contributed by atoms with Crippen LogP contribution in [0.15, 0.2) is 40.9 Å². The quantitative estimate of drug-likeness (QED) is 0.940. The van der Waals surface area contributed by atoms with Gasteiger partial charge in [-0.3, -0.25) is 4.79 Å². The summed E-state index contributed by atoms with van der Waals surface area (Å²) in [6.07, 6.45) is 0. The van der Waals surface area contributed by atoms with Gasteiger partial charge in [0.05, 0.1) is 0 Å². The minimum atomic E-state index is -0.246. The molecule has 0 bridgehead atoms. The largest absolute Gasteiger partial charge is 0.437 e. The lowest BCUT2D eigenvalue weighted by atomic mass is 10.3. The van der Waals surface area contributed by atoms with Crippen molar-refractivity contribution in [2.45, 2.75) is 6.92 Å². The summed E-state index contributed by atoms with van der Waals surface area (Å²) in [7, 11) is 0. The van der Waals surface area contributed by atoms with Crippen LogP contribution in [0.4, 0.5) is 0 Å². The minimum Gasteiger partial charge on any atom is -0.437 e. The average Bonchev–Trinajstić information content (AvgIpc) is 2.40. The molecule has 0 spiro atoms. The predicted molar refractivity (Wildman–Crippen MR) is 74.3 cm³/mol. The minimum absolute atomic E-state index is 0.246. The fourth-order valence-corrected chi connectivity index (χ4v) is 1.78. The van der Waals surface area contributed by atoms with Crippen LogP contribution in [0.3, 0.4) is 0 Å². The zero-order valence-electron chi connectivity index (χ0n) is 10.3. The summed E-state index contributed by atoms with van der Waals surface area (Å²) in [4.78, 5) is 11.5. The number of nitrogens with one attached hydrogen (secondary N) is 1. The highest BCUT2D eigenvalue weighted by molar-refractivity contribution is 9.10. The van der Waals surface area contributed by atoms with E-state index in [-0.39, 0.29) is 11.6 Å². The smallest absolute Gasteiger partial charge is 0.271 e. The van der Waals surface area contributed by atoms with Gasteiger partial charge in [-0.15, -0.1) is 10.2 Å². The molecule has 2 rings (SSSR count). The Morgan fingerprint density at radius 1 is 1.32 bits per heavy atom. The van der Waals surface area contributed by atoms with Gasteiger partial charge < -0.3 is 10.1 Å². The third-order valence-electron chi connectivity index (χ3n) is 2.23. The Bertz CT molecular complexity index is 572. The lowest BCUT2D eigenvalue weighted by Crippen LogP contribution is -2.23. The molecule has 5 nitrogen and oxygen atoms in total. The Kier molecular flexibility index (Phi) is 4.46. The number of hydrogen-bond acceptors (Lipinski definition) is 4. The molecular weight excluding hydrogens is 310 g/mol. The molecule has 0 radical (unpaired) electrons. The molecular formula is C13H12BrN3O2. The molecule has 0 saturated heterocycles. The molecule has 0 aliphatic heterocycles. The van der Waals surface area contributed by atoms with Gasteiger partial charge in [0.1, 0.15) is 5.75 Å². The number of rotatable bonds is 4. The molecule has 2 aromatic rings. The van der Waals surface area contributed by atoms with Crippen molar-refractivity contribution in [3.05, 3.63) is 46.6 Å². The summed E-state index contributed by atoms with van der Waals surface area (Å²) in [5, 5.41) is 10.3. The molecule has 0 unspecified atom stereocenters. The molecule has 19 heavy (non-hydrogen) atoms. The van der Waals surface area contributed by atoms with E-state index >= 15 is 0 Å². The third-order valence-corrected chi connectivity index (χ3v) is 2.72. The summed E-state index contributed by atoms with van der Waals surface area (Å²) in [5.74, 6) is 0.740. The van der Waals surface area contributed by atoms with Crippen molar-refractivity contribution in [1.82, 2.24) is 15.5 Å². The summed E-state index contributed by atoms with van der Waals surface area (Å²) in [6, 6.07) is 10.6. The summed E-state index contributed by atoms with van der Waals surface area (Å²) >= 11 is 3.35. The molecule has 98 valence electrons. The monoisotopic (exact) mass is 321 g/mol. The summed E-state index contributed by atoms with van der Waals surface area (Å²) < 4.78 is 6.43. The van der Waals surface area contributed by atoms with Gasteiger partial charge in [0.25, 0.3) is 5.91 Å². The normalized spacial score (nSPS) is 10.0. The predicted octanol–water partition coefficient (Wildman–Crippen LogP) is 2.78. The molecule has 1 heterocycles. The lowest BCUT2D eigenvalue weighted by molar-refractivity contribution is 0.0949. The van der Waals surface area contributed by atoms with E-state index in [0.717, 1.165) is 4.47 Å². The number of amides is 1. The highest BCUT2D eigenvalue weighted by atomic mass is 79.9. The van der Waals surface area contributed by atoms with E-state index in [2.05, 4.69) is 31.4 Å². The number of ether oxygens (including phenoxy) is 1. The maximum atomic E-state index is 11.5. The number of benzene rings is 1. The Labute approximate surface area is 119 Å². The molecule has 1 aromatic carbocycles. The van der Waals surface area contributed by atoms with E-state index in [9.17, 15) is 4.79 Å². The standard InChI is InChI=1S/C13H12BrN3O2/c1-2-15-13(18)11-6-7-12(17-16-11)19-10-5-3-4-9(14)8-10/h3-8H,2H2,1H3,(H,15,18). The molecule has 0 atom stereocenters. The topological polar surface area (TPSA) is 64.1 Å². The molecule has 0 aliphatic rings. The highest BCUT2D eigenvalue weighted by Crippen LogP contribution is 2.22. The van der Waals surface area contributed by atoms with E-state index < -0.39 is 0 Å². The van der Waals surface area contributed by atoms with Crippen molar-refractivity contribution < 1.29 is 9.53 Å². The van der Waals surface area contributed by atoms with Crippen LogP contribution < -0.4 is 10.1 Å². The van der Waals surface area contributed by atoms with Gasteiger partial charge in [-0.1, -0.05) is 22.0 Å². The SMILES string of the molecule is CCNC(=O)c1ccc(Oc2cccc(Br)c2)nn1. The van der Waals surface area contributed by atoms with Crippen molar-refractivity contribution in [2.75, 3.05) is 6.54 Å². The zero-order chi connectivity index (χ0) is 13.7. The molecule has 0 saturated carbocycles. The maximum absolute atomic E-state index is 11.5. The number of nitrogens with zero attached hydrogens (tertiary/aromatic N) is 2. The van der Waals surface area contributed by atoms with Gasteiger partial charge in [0.15, 0.2) is 5.69 Å². The second-order valence-corrected chi connectivity index (χ2v) is 4.59. The van der Waals surface area contributed by atoms with E-state index in [4.69, 9.17) is 4.74 Å². The maximum Gasteiger partial charge on any atom is 0.271 e. The molecule has 1 aromatic heterocycles. The Morgan fingerprint density at radius 2 is 2.16 bits per heavy atom. The number of carbonyl (C=O) groups excluding carboxylic acids is 1. The van der Waals surface area contributed by atoms with Crippen LogP contribution in [0.5, 0.6) is 11.6 Å².